The molecule has 0 saturated carbocycles. The van der Waals surface area contributed by atoms with E-state index in [9.17, 15) is 14.7 Å². The Morgan fingerprint density at radius 2 is 1.70 bits per heavy atom. The zero-order chi connectivity index (χ0) is 28.2. The third kappa shape index (κ3) is 5.03. The first-order valence-corrected chi connectivity index (χ1v) is 12.8. The molecule has 5 rings (SSSR count). The van der Waals surface area contributed by atoms with E-state index in [1.165, 1.54) is 25.2 Å². The van der Waals surface area contributed by atoms with Crippen LogP contribution in [0.3, 0.4) is 0 Å². The summed E-state index contributed by atoms with van der Waals surface area (Å²) >= 11 is 0. The van der Waals surface area contributed by atoms with Gasteiger partial charge < -0.3 is 29.2 Å². The van der Waals surface area contributed by atoms with Crippen LogP contribution in [0, 0.1) is 0 Å². The minimum Gasteiger partial charge on any atom is -0.503 e. The van der Waals surface area contributed by atoms with Crippen molar-refractivity contribution >= 4 is 28.7 Å². The van der Waals surface area contributed by atoms with Crippen LogP contribution in [0.15, 0.2) is 90.3 Å². The molecule has 0 unspecified atom stereocenters. The molecule has 2 N–H and O–H groups in total. The number of rotatable bonds is 10. The highest BCUT2D eigenvalue weighted by Gasteiger charge is 2.44. The summed E-state index contributed by atoms with van der Waals surface area (Å²) < 4.78 is 16.4. The van der Waals surface area contributed by atoms with Crippen LogP contribution >= 0.6 is 0 Å². The second kappa shape index (κ2) is 11.4. The smallest absolute Gasteiger partial charge is 0.290 e. The van der Waals surface area contributed by atoms with Crippen LogP contribution in [-0.4, -0.2) is 54.6 Å². The summed E-state index contributed by atoms with van der Waals surface area (Å²) in [4.78, 5) is 31.8. The summed E-state index contributed by atoms with van der Waals surface area (Å²) in [7, 11) is 4.67. The van der Waals surface area contributed by atoms with E-state index in [0.717, 1.165) is 27.8 Å². The fourth-order valence-corrected chi connectivity index (χ4v) is 5.07. The highest BCUT2D eigenvalue weighted by molar-refractivity contribution is 6.14. The van der Waals surface area contributed by atoms with Gasteiger partial charge in [0.05, 0.1) is 32.9 Å². The van der Waals surface area contributed by atoms with Gasteiger partial charge in [-0.25, -0.2) is 0 Å². The second-order valence-electron chi connectivity index (χ2n) is 9.35. The van der Waals surface area contributed by atoms with Crippen molar-refractivity contribution in [2.45, 2.75) is 12.5 Å². The molecular formula is C32H30N2O6. The molecule has 0 fully saturated rings. The molecule has 8 heteroatoms. The second-order valence-corrected chi connectivity index (χ2v) is 9.35. The van der Waals surface area contributed by atoms with Crippen molar-refractivity contribution in [1.82, 2.24) is 9.88 Å². The van der Waals surface area contributed by atoms with Gasteiger partial charge in [-0.2, -0.15) is 0 Å². The molecule has 3 aromatic carbocycles. The van der Waals surface area contributed by atoms with Crippen molar-refractivity contribution in [2.75, 3.05) is 27.9 Å². The van der Waals surface area contributed by atoms with Gasteiger partial charge in [-0.05, 0) is 60.0 Å². The first-order chi connectivity index (χ1) is 19.4. The molecule has 0 radical (unpaired) electrons. The number of hydrogen-bond donors (Lipinski definition) is 2. The van der Waals surface area contributed by atoms with Crippen LogP contribution in [0.2, 0.25) is 0 Å². The van der Waals surface area contributed by atoms with Crippen LogP contribution in [0.25, 0.3) is 17.0 Å². The normalized spacial score (nSPS) is 15.3. The Balaban J connectivity index is 1.53. The van der Waals surface area contributed by atoms with Crippen molar-refractivity contribution in [3.8, 4) is 17.2 Å². The van der Waals surface area contributed by atoms with Crippen LogP contribution in [0.5, 0.6) is 17.2 Å². The van der Waals surface area contributed by atoms with E-state index in [1.54, 1.807) is 31.4 Å². The molecule has 40 heavy (non-hydrogen) atoms. The first kappa shape index (κ1) is 26.6. The lowest BCUT2D eigenvalue weighted by Crippen LogP contribution is -2.33. The van der Waals surface area contributed by atoms with Crippen molar-refractivity contribution in [2.24, 2.45) is 0 Å². The van der Waals surface area contributed by atoms with E-state index in [-0.39, 0.29) is 12.1 Å². The Morgan fingerprint density at radius 3 is 2.42 bits per heavy atom. The average Bonchev–Trinajstić information content (AvgIpc) is 3.51. The van der Waals surface area contributed by atoms with Crippen LogP contribution in [0.1, 0.15) is 22.7 Å². The molecule has 0 spiro atoms. The molecular weight excluding hydrogens is 508 g/mol. The Bertz CT molecular complexity index is 1620. The molecule has 0 aliphatic carbocycles. The van der Waals surface area contributed by atoms with Crippen molar-refractivity contribution in [3.63, 3.8) is 0 Å². The maximum absolute atomic E-state index is 13.6. The Labute approximate surface area is 232 Å². The molecule has 1 aliphatic rings. The number of benzene rings is 3. The number of fused-ring (bicyclic) bond motifs is 1. The van der Waals surface area contributed by atoms with E-state index in [0.29, 0.717) is 23.5 Å². The third-order valence-electron chi connectivity index (χ3n) is 7.12. The number of allylic oxidation sites excluding steroid dienone is 1. The number of amides is 1. The van der Waals surface area contributed by atoms with Gasteiger partial charge in [-0.15, -0.1) is 0 Å². The molecule has 1 aromatic heterocycles. The van der Waals surface area contributed by atoms with Crippen LogP contribution < -0.4 is 14.2 Å². The number of aromatic amines is 1. The SMILES string of the molecule is COc1ccc(OC)c([C@@H]2C(C(=O)/C=C/c3ccccc3)=C(O)C(=O)N2CCc2c[nH]c3ccc(OC)cc23)c1. The number of nitrogens with one attached hydrogen (secondary N) is 1. The summed E-state index contributed by atoms with van der Waals surface area (Å²) in [5.74, 6) is 0.0604. The van der Waals surface area contributed by atoms with Crippen LogP contribution in [0.4, 0.5) is 0 Å². The van der Waals surface area contributed by atoms with Crippen LogP contribution in [-0.2, 0) is 16.0 Å². The number of aliphatic hydroxyl groups is 1. The number of nitrogens with zero attached hydrogens (tertiary/aromatic N) is 1. The predicted octanol–water partition coefficient (Wildman–Crippen LogP) is 5.41. The number of carbonyl (C=O) groups excluding carboxylic acids is 2. The number of methoxy groups -OCH3 is 3. The number of aromatic nitrogens is 1. The zero-order valence-electron chi connectivity index (χ0n) is 22.5. The minimum absolute atomic E-state index is 0.00988. The molecule has 8 nitrogen and oxygen atoms in total. The highest BCUT2D eigenvalue weighted by Crippen LogP contribution is 2.43. The molecule has 0 bridgehead atoms. The number of carbonyl (C=O) groups is 2. The lowest BCUT2D eigenvalue weighted by molar-refractivity contribution is -0.129. The molecule has 2 heterocycles. The van der Waals surface area contributed by atoms with Crippen molar-refractivity contribution in [1.29, 1.82) is 0 Å². The molecule has 1 atom stereocenters. The minimum atomic E-state index is -0.884. The Hall–Kier alpha value is -4.98. The largest absolute Gasteiger partial charge is 0.503 e. The van der Waals surface area contributed by atoms with Gasteiger partial charge >= 0.3 is 0 Å². The molecule has 204 valence electrons. The number of ether oxygens (including phenoxy) is 3. The summed E-state index contributed by atoms with van der Waals surface area (Å²) in [6.07, 6.45) is 5.40. The van der Waals surface area contributed by atoms with Gasteiger partial charge in [0.25, 0.3) is 5.91 Å². The number of aliphatic hydroxyl groups excluding tert-OH is 1. The summed E-state index contributed by atoms with van der Waals surface area (Å²) in [5.41, 5.74) is 3.27. The van der Waals surface area contributed by atoms with E-state index < -0.39 is 23.5 Å². The van der Waals surface area contributed by atoms with E-state index in [4.69, 9.17) is 14.2 Å². The van der Waals surface area contributed by atoms with Gasteiger partial charge in [-0.1, -0.05) is 36.4 Å². The average molecular weight is 539 g/mol. The van der Waals surface area contributed by atoms with Gasteiger partial charge in [0.2, 0.25) is 0 Å². The molecule has 1 aliphatic heterocycles. The fourth-order valence-electron chi connectivity index (χ4n) is 5.07. The predicted molar refractivity (Wildman–Crippen MR) is 153 cm³/mol. The molecule has 1 amide bonds. The summed E-state index contributed by atoms with van der Waals surface area (Å²) in [6.45, 7) is 0.233. The lowest BCUT2D eigenvalue weighted by Gasteiger charge is -2.28. The topological polar surface area (TPSA) is 101 Å². The number of hydrogen-bond acceptors (Lipinski definition) is 6. The quantitative estimate of drug-likeness (QED) is 0.262. The maximum Gasteiger partial charge on any atom is 0.290 e. The van der Waals surface area contributed by atoms with E-state index >= 15 is 0 Å². The van der Waals surface area contributed by atoms with Crippen molar-refractivity contribution < 1.29 is 28.9 Å². The highest BCUT2D eigenvalue weighted by atomic mass is 16.5. The van der Waals surface area contributed by atoms with Gasteiger partial charge in [0.1, 0.15) is 17.2 Å². The molecule has 4 aromatic rings. The number of ketones is 1. The van der Waals surface area contributed by atoms with Gasteiger partial charge in [0, 0.05) is 29.2 Å². The van der Waals surface area contributed by atoms with Gasteiger partial charge in [0.15, 0.2) is 11.5 Å². The monoisotopic (exact) mass is 538 g/mol. The van der Waals surface area contributed by atoms with Crippen molar-refractivity contribution in [3.05, 3.63) is 107 Å². The first-order valence-electron chi connectivity index (χ1n) is 12.8. The Morgan fingerprint density at radius 1 is 0.975 bits per heavy atom. The third-order valence-corrected chi connectivity index (χ3v) is 7.12. The maximum atomic E-state index is 13.6. The van der Waals surface area contributed by atoms with E-state index in [1.807, 2.05) is 54.7 Å². The lowest BCUT2D eigenvalue weighted by atomic mass is 9.94. The summed E-state index contributed by atoms with van der Waals surface area (Å²) in [5, 5.41) is 12.0. The van der Waals surface area contributed by atoms with Gasteiger partial charge in [-0.3, -0.25) is 9.59 Å². The molecule has 0 saturated heterocycles. The Kier molecular flexibility index (Phi) is 7.59. The number of H-pyrrole nitrogens is 1. The standard InChI is InChI=1S/C32H30N2O6/c1-38-22-10-12-26-24(17-22)21(19-33-26)15-16-34-30(25-18-23(39-2)11-14-28(25)40-3)29(31(36)32(34)37)27(35)13-9-20-7-5-4-6-8-20/h4-14,17-19,30,33,36H,15-16H2,1-3H3/b13-9+/t30-/m1/s1. The zero-order valence-corrected chi connectivity index (χ0v) is 22.5. The van der Waals surface area contributed by atoms with E-state index in [2.05, 4.69) is 4.98 Å². The fraction of sp³-hybridized carbons (Fsp3) is 0.188. The summed E-state index contributed by atoms with van der Waals surface area (Å²) in [6, 6.07) is 19.4.